The van der Waals surface area contributed by atoms with Gasteiger partial charge in [-0.1, -0.05) is 43.0 Å². The zero-order valence-corrected chi connectivity index (χ0v) is 18.6. The van der Waals surface area contributed by atoms with Gasteiger partial charge in [0.05, 0.1) is 25.9 Å². The zero-order valence-electron chi connectivity index (χ0n) is 18.6. The fourth-order valence-electron chi connectivity index (χ4n) is 3.42. The number of hydrogen-bond donors (Lipinski definition) is 1. The molecule has 0 radical (unpaired) electrons. The van der Waals surface area contributed by atoms with Gasteiger partial charge in [0.1, 0.15) is 12.0 Å². The van der Waals surface area contributed by atoms with Gasteiger partial charge < -0.3 is 24.3 Å². The van der Waals surface area contributed by atoms with E-state index in [4.69, 9.17) is 18.9 Å². The predicted octanol–water partition coefficient (Wildman–Crippen LogP) is 5.66. The van der Waals surface area contributed by atoms with Crippen LogP contribution < -0.4 is 10.1 Å². The van der Waals surface area contributed by atoms with Crippen LogP contribution in [0.5, 0.6) is 5.75 Å². The molecular formula is C26H35NO4. The summed E-state index contributed by atoms with van der Waals surface area (Å²) in [5, 5.41) is 3.46. The van der Waals surface area contributed by atoms with Crippen LogP contribution >= 0.6 is 0 Å². The van der Waals surface area contributed by atoms with Gasteiger partial charge in [-0.25, -0.2) is 0 Å². The van der Waals surface area contributed by atoms with Crippen LogP contribution in [0.3, 0.4) is 0 Å². The molecule has 1 aliphatic rings. The summed E-state index contributed by atoms with van der Waals surface area (Å²) in [4.78, 5) is 0. The molecule has 168 valence electrons. The van der Waals surface area contributed by atoms with Crippen LogP contribution in [0.15, 0.2) is 55.1 Å². The minimum absolute atomic E-state index is 0.0597. The summed E-state index contributed by atoms with van der Waals surface area (Å²) < 4.78 is 23.2. The second-order valence-corrected chi connectivity index (χ2v) is 7.84. The molecule has 3 rings (SSSR count). The van der Waals surface area contributed by atoms with E-state index in [2.05, 4.69) is 24.0 Å². The molecule has 1 fully saturated rings. The van der Waals surface area contributed by atoms with E-state index < -0.39 is 0 Å². The Labute approximate surface area is 186 Å². The largest absolute Gasteiger partial charge is 0.493 e. The van der Waals surface area contributed by atoms with Crippen LogP contribution in [-0.2, 0) is 20.8 Å². The summed E-state index contributed by atoms with van der Waals surface area (Å²) in [5.74, 6) is 0.838. The van der Waals surface area contributed by atoms with Crippen LogP contribution in [-0.4, -0.2) is 38.8 Å². The molecule has 0 spiro atoms. The molecule has 0 saturated carbocycles. The van der Waals surface area contributed by atoms with Crippen molar-refractivity contribution in [3.63, 3.8) is 0 Å². The summed E-state index contributed by atoms with van der Waals surface area (Å²) in [5.41, 5.74) is 3.23. The molecule has 0 bridgehead atoms. The van der Waals surface area contributed by atoms with Crippen molar-refractivity contribution < 1.29 is 18.9 Å². The van der Waals surface area contributed by atoms with Crippen LogP contribution in [0.2, 0.25) is 0 Å². The Hall–Kier alpha value is -2.34. The van der Waals surface area contributed by atoms with Crippen molar-refractivity contribution in [2.75, 3.05) is 31.7 Å². The molecule has 2 aromatic rings. The minimum Gasteiger partial charge on any atom is -0.493 e. The molecule has 2 unspecified atom stereocenters. The van der Waals surface area contributed by atoms with Crippen molar-refractivity contribution >= 4 is 11.8 Å². The van der Waals surface area contributed by atoms with Gasteiger partial charge in [0, 0.05) is 30.9 Å². The van der Waals surface area contributed by atoms with Gasteiger partial charge in [-0.2, -0.15) is 0 Å². The third-order valence-electron chi connectivity index (χ3n) is 5.17. The monoisotopic (exact) mass is 425 g/mol. The third-order valence-corrected chi connectivity index (χ3v) is 5.17. The summed E-state index contributed by atoms with van der Waals surface area (Å²) >= 11 is 0. The van der Waals surface area contributed by atoms with Crippen LogP contribution in [0.4, 0.5) is 5.69 Å². The molecule has 1 N–H and O–H groups in total. The lowest BCUT2D eigenvalue weighted by Gasteiger charge is -2.25. The summed E-state index contributed by atoms with van der Waals surface area (Å²) in [7, 11) is 0. The maximum Gasteiger partial charge on any atom is 0.127 e. The highest BCUT2D eigenvalue weighted by atomic mass is 16.5. The number of benzene rings is 2. The van der Waals surface area contributed by atoms with E-state index in [0.717, 1.165) is 42.9 Å². The predicted molar refractivity (Wildman–Crippen MR) is 125 cm³/mol. The SMILES string of the molecule is C=Cc1cc(OCCCOCC(C)OCc2ccccc2)ccc1NC1CCCCO1. The number of ether oxygens (including phenoxy) is 4. The van der Waals surface area contributed by atoms with Crippen molar-refractivity contribution in [2.45, 2.75) is 51.5 Å². The van der Waals surface area contributed by atoms with Gasteiger partial charge in [-0.3, -0.25) is 0 Å². The summed E-state index contributed by atoms with van der Waals surface area (Å²) in [6.45, 7) is 9.22. The number of nitrogens with one attached hydrogen (secondary N) is 1. The van der Waals surface area contributed by atoms with Gasteiger partial charge in [-0.05, 0) is 49.9 Å². The molecule has 0 aliphatic carbocycles. The van der Waals surface area contributed by atoms with Crippen LogP contribution in [0.1, 0.15) is 43.7 Å². The molecule has 0 amide bonds. The molecule has 2 atom stereocenters. The van der Waals surface area contributed by atoms with Gasteiger partial charge in [0.2, 0.25) is 0 Å². The lowest BCUT2D eigenvalue weighted by molar-refractivity contribution is -0.0166. The molecule has 5 heteroatoms. The number of rotatable bonds is 13. The number of anilines is 1. The van der Waals surface area contributed by atoms with Crippen molar-refractivity contribution in [1.29, 1.82) is 0 Å². The van der Waals surface area contributed by atoms with E-state index in [-0.39, 0.29) is 12.3 Å². The highest BCUT2D eigenvalue weighted by Gasteiger charge is 2.14. The normalized spacial score (nSPS) is 17.1. The van der Waals surface area contributed by atoms with Gasteiger partial charge in [-0.15, -0.1) is 0 Å². The number of hydrogen-bond acceptors (Lipinski definition) is 5. The second-order valence-electron chi connectivity index (χ2n) is 7.84. The molecule has 2 aromatic carbocycles. The Bertz CT molecular complexity index is 774. The Morgan fingerprint density at radius 2 is 2.03 bits per heavy atom. The van der Waals surface area contributed by atoms with E-state index in [1.807, 2.05) is 49.4 Å². The maximum atomic E-state index is 5.89. The molecule has 0 aromatic heterocycles. The van der Waals surface area contributed by atoms with Crippen LogP contribution in [0, 0.1) is 0 Å². The summed E-state index contributed by atoms with van der Waals surface area (Å²) in [6.07, 6.45) is 6.18. The standard InChI is InChI=1S/C26H35NO4/c1-3-23-18-24(13-14-25(23)27-26-12-7-8-16-30-26)29-17-9-15-28-19-21(2)31-20-22-10-5-4-6-11-22/h3-6,10-11,13-14,18,21,26-27H,1,7-9,12,15-17,19-20H2,2H3. The Kier molecular flexibility index (Phi) is 9.90. The minimum atomic E-state index is 0.0597. The fraction of sp³-hybridized carbons (Fsp3) is 0.462. The average Bonchev–Trinajstić information content (AvgIpc) is 2.82. The van der Waals surface area contributed by atoms with E-state index in [1.165, 1.54) is 12.0 Å². The van der Waals surface area contributed by atoms with E-state index in [1.54, 1.807) is 0 Å². The molecular weight excluding hydrogens is 390 g/mol. The summed E-state index contributed by atoms with van der Waals surface area (Å²) in [6, 6.07) is 16.2. The molecule has 5 nitrogen and oxygen atoms in total. The Morgan fingerprint density at radius 1 is 1.16 bits per heavy atom. The Balaban J connectivity index is 1.30. The maximum absolute atomic E-state index is 5.89. The lowest BCUT2D eigenvalue weighted by atomic mass is 10.1. The van der Waals surface area contributed by atoms with Crippen molar-refractivity contribution in [1.82, 2.24) is 0 Å². The highest BCUT2D eigenvalue weighted by molar-refractivity contribution is 5.67. The van der Waals surface area contributed by atoms with Crippen LogP contribution in [0.25, 0.3) is 6.08 Å². The molecule has 1 saturated heterocycles. The van der Waals surface area contributed by atoms with E-state index in [0.29, 0.717) is 26.4 Å². The fourth-order valence-corrected chi connectivity index (χ4v) is 3.42. The first-order chi connectivity index (χ1) is 15.2. The second kappa shape index (κ2) is 13.2. The highest BCUT2D eigenvalue weighted by Crippen LogP contribution is 2.26. The quantitative estimate of drug-likeness (QED) is 0.420. The topological polar surface area (TPSA) is 49.0 Å². The first kappa shape index (κ1) is 23.3. The van der Waals surface area contributed by atoms with Crippen molar-refractivity contribution in [3.05, 3.63) is 66.2 Å². The first-order valence-electron chi connectivity index (χ1n) is 11.3. The Morgan fingerprint density at radius 3 is 2.81 bits per heavy atom. The lowest BCUT2D eigenvalue weighted by Crippen LogP contribution is -2.27. The third kappa shape index (κ3) is 8.37. The molecule has 1 aliphatic heterocycles. The molecule has 31 heavy (non-hydrogen) atoms. The first-order valence-corrected chi connectivity index (χ1v) is 11.3. The zero-order chi connectivity index (χ0) is 21.7. The van der Waals surface area contributed by atoms with Crippen molar-refractivity contribution in [2.24, 2.45) is 0 Å². The average molecular weight is 426 g/mol. The van der Waals surface area contributed by atoms with Gasteiger partial charge in [0.25, 0.3) is 0 Å². The van der Waals surface area contributed by atoms with Crippen molar-refractivity contribution in [3.8, 4) is 5.75 Å². The van der Waals surface area contributed by atoms with Gasteiger partial charge >= 0.3 is 0 Å². The smallest absolute Gasteiger partial charge is 0.127 e. The molecule has 1 heterocycles. The van der Waals surface area contributed by atoms with Gasteiger partial charge in [0.15, 0.2) is 0 Å². The van der Waals surface area contributed by atoms with E-state index >= 15 is 0 Å². The van der Waals surface area contributed by atoms with E-state index in [9.17, 15) is 0 Å².